The van der Waals surface area contributed by atoms with E-state index < -0.39 is 0 Å². The predicted molar refractivity (Wildman–Crippen MR) is 74.2 cm³/mol. The molecule has 0 saturated carbocycles. The number of hydrogen-bond acceptors (Lipinski definition) is 5. The van der Waals surface area contributed by atoms with Crippen LogP contribution in [0.1, 0.15) is 0 Å². The van der Waals surface area contributed by atoms with E-state index in [1.807, 2.05) is 11.9 Å². The second-order valence-electron chi connectivity index (χ2n) is 5.58. The van der Waals surface area contributed by atoms with Crippen LogP contribution in [0.15, 0.2) is 0 Å². The van der Waals surface area contributed by atoms with Crippen LogP contribution in [-0.2, 0) is 9.53 Å². The van der Waals surface area contributed by atoms with Gasteiger partial charge in [-0.3, -0.25) is 9.69 Å². The lowest BCUT2D eigenvalue weighted by Crippen LogP contribution is -2.51. The first kappa shape index (κ1) is 14.7. The number of nitrogens with one attached hydrogen (secondary N) is 1. The van der Waals surface area contributed by atoms with Crippen molar-refractivity contribution in [1.29, 1.82) is 0 Å². The van der Waals surface area contributed by atoms with Gasteiger partial charge in [0.25, 0.3) is 0 Å². The summed E-state index contributed by atoms with van der Waals surface area (Å²) in [5, 5.41) is 3.26. The number of carbonyl (C=O) groups excluding carboxylic acids is 1. The fourth-order valence-corrected chi connectivity index (χ4v) is 2.63. The zero-order valence-corrected chi connectivity index (χ0v) is 12.1. The minimum atomic E-state index is 0.222. The SMILES string of the molecule is CN1CCOC(CN(C)CC(=O)N2CCNCC2)C1. The second kappa shape index (κ2) is 7.19. The van der Waals surface area contributed by atoms with Crippen LogP contribution in [0.25, 0.3) is 0 Å². The van der Waals surface area contributed by atoms with Crippen LogP contribution in [0.4, 0.5) is 0 Å². The van der Waals surface area contributed by atoms with E-state index in [2.05, 4.69) is 22.2 Å². The fraction of sp³-hybridized carbons (Fsp3) is 0.923. The van der Waals surface area contributed by atoms with Crippen molar-refractivity contribution in [3.63, 3.8) is 0 Å². The number of nitrogens with zero attached hydrogens (tertiary/aromatic N) is 3. The van der Waals surface area contributed by atoms with Gasteiger partial charge in [0.15, 0.2) is 0 Å². The first-order chi connectivity index (χ1) is 9.15. The Hall–Kier alpha value is -0.690. The zero-order valence-electron chi connectivity index (χ0n) is 12.1. The Morgan fingerprint density at radius 1 is 1.37 bits per heavy atom. The summed E-state index contributed by atoms with van der Waals surface area (Å²) in [6, 6.07) is 0. The molecule has 2 aliphatic rings. The molecule has 110 valence electrons. The van der Waals surface area contributed by atoms with Crippen molar-refractivity contribution in [1.82, 2.24) is 20.0 Å². The van der Waals surface area contributed by atoms with Crippen molar-refractivity contribution >= 4 is 5.91 Å². The summed E-state index contributed by atoms with van der Waals surface area (Å²) in [6.45, 7) is 7.53. The topological polar surface area (TPSA) is 48.1 Å². The Bertz CT molecular complexity index is 294. The third-order valence-corrected chi connectivity index (χ3v) is 3.73. The van der Waals surface area contributed by atoms with Crippen LogP contribution < -0.4 is 5.32 Å². The van der Waals surface area contributed by atoms with Gasteiger partial charge in [-0.2, -0.15) is 0 Å². The van der Waals surface area contributed by atoms with E-state index in [0.29, 0.717) is 6.54 Å². The van der Waals surface area contributed by atoms with Crippen LogP contribution in [0, 0.1) is 0 Å². The summed E-state index contributed by atoms with van der Waals surface area (Å²) in [6.07, 6.45) is 0.222. The number of amides is 1. The molecule has 2 saturated heterocycles. The van der Waals surface area contributed by atoms with Crippen molar-refractivity contribution in [3.05, 3.63) is 0 Å². The Morgan fingerprint density at radius 3 is 2.79 bits per heavy atom. The molecule has 2 heterocycles. The van der Waals surface area contributed by atoms with Gasteiger partial charge < -0.3 is 19.9 Å². The third kappa shape index (κ3) is 4.72. The van der Waals surface area contributed by atoms with Gasteiger partial charge in [0.1, 0.15) is 0 Å². The lowest BCUT2D eigenvalue weighted by atomic mass is 10.2. The van der Waals surface area contributed by atoms with Crippen molar-refractivity contribution in [2.75, 3.05) is 73.1 Å². The van der Waals surface area contributed by atoms with Gasteiger partial charge in [-0.25, -0.2) is 0 Å². The van der Waals surface area contributed by atoms with E-state index in [1.165, 1.54) is 0 Å². The molecule has 0 bridgehead atoms. The molecular formula is C13H26N4O2. The number of carbonyl (C=O) groups is 1. The van der Waals surface area contributed by atoms with Gasteiger partial charge in [-0.05, 0) is 14.1 Å². The lowest BCUT2D eigenvalue weighted by Gasteiger charge is -2.33. The average molecular weight is 270 g/mol. The number of piperazine rings is 1. The van der Waals surface area contributed by atoms with E-state index >= 15 is 0 Å². The average Bonchev–Trinajstić information content (AvgIpc) is 2.39. The van der Waals surface area contributed by atoms with E-state index in [1.54, 1.807) is 0 Å². The molecule has 1 unspecified atom stereocenters. The van der Waals surface area contributed by atoms with Gasteiger partial charge in [0.2, 0.25) is 5.91 Å². The standard InChI is InChI=1S/C13H26N4O2/c1-15-7-8-19-12(9-15)10-16(2)11-13(18)17-5-3-14-4-6-17/h12,14H,3-11H2,1-2H3. The van der Waals surface area contributed by atoms with Gasteiger partial charge in [0.05, 0.1) is 19.3 Å². The molecule has 2 rings (SSSR count). The number of hydrogen-bond donors (Lipinski definition) is 1. The largest absolute Gasteiger partial charge is 0.374 e. The molecule has 0 spiro atoms. The van der Waals surface area contributed by atoms with Crippen LogP contribution in [-0.4, -0.2) is 99.8 Å². The maximum absolute atomic E-state index is 12.1. The molecule has 6 heteroatoms. The summed E-state index contributed by atoms with van der Waals surface area (Å²) < 4.78 is 5.73. The first-order valence-corrected chi connectivity index (χ1v) is 7.12. The number of ether oxygens (including phenoxy) is 1. The van der Waals surface area contributed by atoms with Gasteiger partial charge in [0, 0.05) is 45.8 Å². The fourth-order valence-electron chi connectivity index (χ4n) is 2.63. The molecule has 6 nitrogen and oxygen atoms in total. The molecule has 19 heavy (non-hydrogen) atoms. The Labute approximate surface area is 115 Å². The molecule has 1 N–H and O–H groups in total. The van der Waals surface area contributed by atoms with Gasteiger partial charge in [-0.1, -0.05) is 0 Å². The molecule has 0 aromatic rings. The Morgan fingerprint density at radius 2 is 2.11 bits per heavy atom. The Balaban J connectivity index is 1.70. The highest BCUT2D eigenvalue weighted by atomic mass is 16.5. The highest BCUT2D eigenvalue weighted by Gasteiger charge is 2.22. The van der Waals surface area contributed by atoms with Crippen molar-refractivity contribution in [2.24, 2.45) is 0 Å². The molecule has 1 atom stereocenters. The molecule has 2 aliphatic heterocycles. The summed E-state index contributed by atoms with van der Waals surface area (Å²) in [5.41, 5.74) is 0. The quantitative estimate of drug-likeness (QED) is 0.687. The smallest absolute Gasteiger partial charge is 0.236 e. The van der Waals surface area contributed by atoms with Crippen LogP contribution in [0.5, 0.6) is 0 Å². The van der Waals surface area contributed by atoms with Crippen molar-refractivity contribution in [2.45, 2.75) is 6.10 Å². The molecule has 0 aromatic carbocycles. The number of likely N-dealkylation sites (N-methyl/N-ethyl adjacent to an activating group) is 2. The molecule has 1 amide bonds. The maximum Gasteiger partial charge on any atom is 0.236 e. The maximum atomic E-state index is 12.1. The zero-order chi connectivity index (χ0) is 13.7. The summed E-state index contributed by atoms with van der Waals surface area (Å²) >= 11 is 0. The predicted octanol–water partition coefficient (Wildman–Crippen LogP) is -1.32. The van der Waals surface area contributed by atoms with Crippen LogP contribution in [0.2, 0.25) is 0 Å². The minimum absolute atomic E-state index is 0.222. The van der Waals surface area contributed by atoms with E-state index in [0.717, 1.165) is 52.4 Å². The minimum Gasteiger partial charge on any atom is -0.374 e. The summed E-state index contributed by atoms with van der Waals surface area (Å²) in [4.78, 5) is 18.4. The highest BCUT2D eigenvalue weighted by Crippen LogP contribution is 2.05. The second-order valence-corrected chi connectivity index (χ2v) is 5.58. The van der Waals surface area contributed by atoms with Gasteiger partial charge in [-0.15, -0.1) is 0 Å². The monoisotopic (exact) mass is 270 g/mol. The third-order valence-electron chi connectivity index (χ3n) is 3.73. The summed E-state index contributed by atoms with van der Waals surface area (Å²) in [5.74, 6) is 0.230. The van der Waals surface area contributed by atoms with E-state index in [-0.39, 0.29) is 12.0 Å². The molecular weight excluding hydrogens is 244 g/mol. The normalized spacial score (nSPS) is 25.8. The molecule has 0 radical (unpaired) electrons. The summed E-state index contributed by atoms with van der Waals surface area (Å²) in [7, 11) is 4.11. The molecule has 0 aliphatic carbocycles. The van der Waals surface area contributed by atoms with E-state index in [4.69, 9.17) is 4.74 Å². The number of rotatable bonds is 4. The van der Waals surface area contributed by atoms with Crippen LogP contribution >= 0.6 is 0 Å². The lowest BCUT2D eigenvalue weighted by molar-refractivity contribution is -0.133. The van der Waals surface area contributed by atoms with Crippen molar-refractivity contribution in [3.8, 4) is 0 Å². The Kier molecular flexibility index (Phi) is 5.57. The molecule has 0 aromatic heterocycles. The number of morpholine rings is 1. The van der Waals surface area contributed by atoms with Gasteiger partial charge >= 0.3 is 0 Å². The van der Waals surface area contributed by atoms with Crippen molar-refractivity contribution < 1.29 is 9.53 Å². The first-order valence-electron chi connectivity index (χ1n) is 7.12. The highest BCUT2D eigenvalue weighted by molar-refractivity contribution is 5.78. The van der Waals surface area contributed by atoms with Crippen LogP contribution in [0.3, 0.4) is 0 Å². The molecule has 2 fully saturated rings. The van der Waals surface area contributed by atoms with E-state index in [9.17, 15) is 4.79 Å².